The van der Waals surface area contributed by atoms with E-state index in [0.717, 1.165) is 0 Å². The van der Waals surface area contributed by atoms with Crippen molar-refractivity contribution >= 4 is 0 Å². The lowest BCUT2D eigenvalue weighted by Crippen LogP contribution is -2.75. The van der Waals surface area contributed by atoms with E-state index in [0.29, 0.717) is 0 Å². The molecule has 0 aliphatic rings. The number of hydrogen-bond acceptors (Lipinski definition) is 2. The van der Waals surface area contributed by atoms with Gasteiger partial charge in [-0.1, -0.05) is 0 Å². The van der Waals surface area contributed by atoms with Gasteiger partial charge in [0.05, 0.1) is 0 Å². The summed E-state index contributed by atoms with van der Waals surface area (Å²) < 4.78 is 228. The smallest absolute Gasteiger partial charge is 0.377 e. The quantitative estimate of drug-likeness (QED) is 0.479. The summed E-state index contributed by atoms with van der Waals surface area (Å²) in [6.07, 6.45) is -37.8. The second-order valence-corrected chi connectivity index (χ2v) is 5.01. The Labute approximate surface area is 156 Å². The Morgan fingerprint density at radius 3 is 0.871 bits per heavy atom. The maximum Gasteiger partial charge on any atom is 0.459 e. The maximum atomic E-state index is 13.3. The highest BCUT2D eigenvalue weighted by molar-refractivity contribution is 5.13. The third-order valence-corrected chi connectivity index (χ3v) is 2.89. The Hall–Kier alpha value is -1.41. The first-order chi connectivity index (χ1) is 13.0. The van der Waals surface area contributed by atoms with E-state index in [2.05, 4.69) is 4.74 Å². The molecule has 0 aromatic rings. The van der Waals surface area contributed by atoms with E-state index in [-0.39, 0.29) is 0 Å². The number of halogens is 19. The van der Waals surface area contributed by atoms with Crippen molar-refractivity contribution in [2.45, 2.75) is 54.4 Å². The Morgan fingerprint density at radius 1 is 0.516 bits per heavy atom. The molecule has 1 N–H and O–H groups in total. The van der Waals surface area contributed by atoms with Crippen LogP contribution in [0.4, 0.5) is 83.4 Å². The molecule has 21 heteroatoms. The summed E-state index contributed by atoms with van der Waals surface area (Å²) in [6, 6.07) is 0. The molecule has 190 valence electrons. The number of alkyl halides is 19. The van der Waals surface area contributed by atoms with Crippen molar-refractivity contribution < 1.29 is 93.3 Å². The molecule has 0 aliphatic carbocycles. The summed E-state index contributed by atoms with van der Waals surface area (Å²) in [5, 5.41) is 7.47. The lowest BCUT2D eigenvalue weighted by molar-refractivity contribution is -0.476. The van der Waals surface area contributed by atoms with Gasteiger partial charge in [-0.3, -0.25) is 0 Å². The van der Waals surface area contributed by atoms with Gasteiger partial charge in [0.2, 0.25) is 6.10 Å². The second-order valence-electron chi connectivity index (χ2n) is 5.01. The molecule has 31 heavy (non-hydrogen) atoms. The fraction of sp³-hybridized carbons (Fsp3) is 1.00. The van der Waals surface area contributed by atoms with Crippen LogP contribution in [0.15, 0.2) is 0 Å². The van der Waals surface area contributed by atoms with Crippen molar-refractivity contribution in [1.82, 2.24) is 0 Å². The lowest BCUT2D eigenvalue weighted by Gasteiger charge is -2.43. The van der Waals surface area contributed by atoms with E-state index in [1.54, 1.807) is 0 Å². The standard InChI is InChI=1S/C7H3F13O.C3H2F6O/c1-21-4(11,3(9,10)7(18,19)20)2(8,5(12,13)14)6(15,16)17;4-2(5,6)1(10)3(7,8)9/h1H3;1,10H. The van der Waals surface area contributed by atoms with E-state index in [9.17, 15) is 83.4 Å². The van der Waals surface area contributed by atoms with E-state index >= 15 is 0 Å². The molecule has 1 unspecified atom stereocenters. The summed E-state index contributed by atoms with van der Waals surface area (Å²) >= 11 is 0. The fourth-order valence-corrected chi connectivity index (χ4v) is 1.38. The Morgan fingerprint density at radius 2 is 0.774 bits per heavy atom. The van der Waals surface area contributed by atoms with Gasteiger partial charge in [-0.15, -0.1) is 0 Å². The minimum atomic E-state index is -7.64. The zero-order valence-electron chi connectivity index (χ0n) is 13.6. The molecule has 0 aromatic heterocycles. The number of aliphatic hydroxyl groups is 1. The Bertz CT molecular complexity index is 549. The summed E-state index contributed by atoms with van der Waals surface area (Å²) in [7, 11) is -0.703. The number of aliphatic hydroxyl groups excluding tert-OH is 1. The van der Waals surface area contributed by atoms with Crippen molar-refractivity contribution in [3.8, 4) is 0 Å². The van der Waals surface area contributed by atoms with Crippen LogP contribution < -0.4 is 0 Å². The van der Waals surface area contributed by atoms with Gasteiger partial charge in [0, 0.05) is 7.11 Å². The van der Waals surface area contributed by atoms with Gasteiger partial charge >= 0.3 is 48.3 Å². The van der Waals surface area contributed by atoms with Crippen LogP contribution in [0.1, 0.15) is 0 Å². The second kappa shape index (κ2) is 8.50. The zero-order chi connectivity index (χ0) is 26.3. The molecule has 0 aliphatic heterocycles. The average molecular weight is 518 g/mol. The number of rotatable bonds is 3. The summed E-state index contributed by atoms with van der Waals surface area (Å²) in [5.41, 5.74) is -7.64. The van der Waals surface area contributed by atoms with Gasteiger partial charge in [-0.25, -0.2) is 8.78 Å². The van der Waals surface area contributed by atoms with E-state index < -0.39 is 61.5 Å². The predicted octanol–water partition coefficient (Wildman–Crippen LogP) is 5.80. The predicted molar refractivity (Wildman–Crippen MR) is 55.9 cm³/mol. The first kappa shape index (κ1) is 31.8. The minimum absolute atomic E-state index is 0.703. The molecule has 0 heterocycles. The molecule has 0 saturated carbocycles. The maximum absolute atomic E-state index is 13.3. The molecule has 0 amide bonds. The zero-order valence-corrected chi connectivity index (χ0v) is 13.6. The SMILES string of the molecule is COC(F)(C(F)(F)C(F)(F)F)C(F)(C(F)(F)F)C(F)(F)F.OC(C(F)(F)F)C(F)(F)F. The molecule has 0 aromatic carbocycles. The van der Waals surface area contributed by atoms with Gasteiger partial charge in [0.15, 0.2) is 0 Å². The normalized spacial score (nSPS) is 17.2. The van der Waals surface area contributed by atoms with Crippen molar-refractivity contribution in [3.63, 3.8) is 0 Å². The van der Waals surface area contributed by atoms with Crippen LogP contribution in [0, 0.1) is 0 Å². The minimum Gasteiger partial charge on any atom is -0.377 e. The third kappa shape index (κ3) is 5.89. The molecular formula is C10H5F19O2. The van der Waals surface area contributed by atoms with Crippen molar-refractivity contribution in [3.05, 3.63) is 0 Å². The van der Waals surface area contributed by atoms with Crippen LogP contribution in [0.2, 0.25) is 0 Å². The van der Waals surface area contributed by atoms with Gasteiger partial charge in [-0.05, 0) is 0 Å². The van der Waals surface area contributed by atoms with E-state index in [4.69, 9.17) is 5.11 Å². The largest absolute Gasteiger partial charge is 0.459 e. The Kier molecular flexibility index (Phi) is 8.72. The van der Waals surface area contributed by atoms with Gasteiger partial charge in [-0.2, -0.15) is 74.6 Å². The lowest BCUT2D eigenvalue weighted by atomic mass is 9.88. The monoisotopic (exact) mass is 518 g/mol. The summed E-state index contributed by atoms with van der Waals surface area (Å²) in [6.45, 7) is 0. The van der Waals surface area contributed by atoms with Gasteiger partial charge in [0.25, 0.3) is 0 Å². The van der Waals surface area contributed by atoms with Crippen molar-refractivity contribution in [1.29, 1.82) is 0 Å². The summed E-state index contributed by atoms with van der Waals surface area (Å²) in [4.78, 5) is 0. The number of methoxy groups -OCH3 is 1. The first-order valence-electron chi connectivity index (χ1n) is 6.29. The third-order valence-electron chi connectivity index (χ3n) is 2.89. The van der Waals surface area contributed by atoms with Crippen molar-refractivity contribution in [2.75, 3.05) is 7.11 Å². The fourth-order valence-electron chi connectivity index (χ4n) is 1.38. The molecule has 0 fully saturated rings. The van der Waals surface area contributed by atoms with E-state index in [1.165, 1.54) is 0 Å². The summed E-state index contributed by atoms with van der Waals surface area (Å²) in [5.74, 6) is -14.6. The highest BCUT2D eigenvalue weighted by Gasteiger charge is 2.93. The van der Waals surface area contributed by atoms with Crippen LogP contribution in [-0.2, 0) is 4.74 Å². The van der Waals surface area contributed by atoms with Crippen LogP contribution in [-0.4, -0.2) is 66.6 Å². The molecule has 0 saturated heterocycles. The topological polar surface area (TPSA) is 29.5 Å². The van der Waals surface area contributed by atoms with Gasteiger partial charge in [0.1, 0.15) is 0 Å². The Balaban J connectivity index is 0. The van der Waals surface area contributed by atoms with Crippen LogP contribution in [0.5, 0.6) is 0 Å². The van der Waals surface area contributed by atoms with E-state index in [1.807, 2.05) is 0 Å². The first-order valence-corrected chi connectivity index (χ1v) is 6.29. The highest BCUT2D eigenvalue weighted by atomic mass is 19.4. The molecule has 2 nitrogen and oxygen atoms in total. The van der Waals surface area contributed by atoms with Gasteiger partial charge < -0.3 is 9.84 Å². The average Bonchev–Trinajstić information content (AvgIpc) is 2.47. The highest BCUT2D eigenvalue weighted by Crippen LogP contribution is 2.61. The number of hydrogen-bond donors (Lipinski definition) is 1. The van der Waals surface area contributed by atoms with Crippen LogP contribution in [0.25, 0.3) is 0 Å². The molecule has 0 spiro atoms. The van der Waals surface area contributed by atoms with Crippen molar-refractivity contribution in [2.24, 2.45) is 0 Å². The van der Waals surface area contributed by atoms with Crippen LogP contribution >= 0.6 is 0 Å². The molecule has 0 radical (unpaired) electrons. The molecule has 0 rings (SSSR count). The molecule has 0 bridgehead atoms. The molecule has 1 atom stereocenters. The van der Waals surface area contributed by atoms with Crippen LogP contribution in [0.3, 0.4) is 0 Å². The number of ether oxygens (including phenoxy) is 1. The molecular weight excluding hydrogens is 513 g/mol.